The number of nitrogens with zero attached hydrogens (tertiary/aromatic N) is 1. The van der Waals surface area contributed by atoms with Gasteiger partial charge in [-0.15, -0.1) is 0 Å². The largest absolute Gasteiger partial charge is 0.316 e. The number of hydrogen-bond donors (Lipinski definition) is 1. The van der Waals surface area contributed by atoms with Crippen molar-refractivity contribution in [2.75, 3.05) is 19.6 Å². The molecule has 0 aromatic carbocycles. The van der Waals surface area contributed by atoms with E-state index in [0.29, 0.717) is 0 Å². The summed E-state index contributed by atoms with van der Waals surface area (Å²) in [4.78, 5) is 2.62. The Labute approximate surface area is 96.3 Å². The van der Waals surface area contributed by atoms with Crippen LogP contribution in [0.2, 0.25) is 0 Å². The summed E-state index contributed by atoms with van der Waals surface area (Å²) in [5.41, 5.74) is 1.48. The summed E-state index contributed by atoms with van der Waals surface area (Å²) in [5, 5.41) is 7.84. The number of thiophene rings is 1. The quantitative estimate of drug-likeness (QED) is 0.715. The van der Waals surface area contributed by atoms with Crippen molar-refractivity contribution in [2.24, 2.45) is 0 Å². The highest BCUT2D eigenvalue weighted by molar-refractivity contribution is 7.07. The smallest absolute Gasteiger partial charge is 0.0245 e. The van der Waals surface area contributed by atoms with E-state index in [0.717, 1.165) is 25.7 Å². The van der Waals surface area contributed by atoms with Gasteiger partial charge in [0.15, 0.2) is 0 Å². The summed E-state index contributed by atoms with van der Waals surface area (Å²) in [5.74, 6) is 0. The van der Waals surface area contributed by atoms with Crippen molar-refractivity contribution < 1.29 is 0 Å². The van der Waals surface area contributed by atoms with E-state index in [1.807, 2.05) is 0 Å². The molecule has 0 bridgehead atoms. The van der Waals surface area contributed by atoms with E-state index >= 15 is 0 Å². The maximum atomic E-state index is 3.40. The van der Waals surface area contributed by atoms with E-state index in [9.17, 15) is 0 Å². The first-order chi connectivity index (χ1) is 7.40. The molecule has 0 spiro atoms. The monoisotopic (exact) mass is 224 g/mol. The fourth-order valence-corrected chi connectivity index (χ4v) is 2.51. The molecule has 84 valence electrons. The third kappa shape index (κ3) is 3.59. The second-order valence-corrected chi connectivity index (χ2v) is 4.97. The molecular weight excluding hydrogens is 204 g/mol. The minimum atomic E-state index is 0.864. The minimum absolute atomic E-state index is 0.864. The summed E-state index contributed by atoms with van der Waals surface area (Å²) < 4.78 is 0. The third-order valence-electron chi connectivity index (χ3n) is 2.85. The summed E-state index contributed by atoms with van der Waals surface area (Å²) >= 11 is 1.80. The zero-order valence-corrected chi connectivity index (χ0v) is 10.2. The molecule has 1 aliphatic carbocycles. The lowest BCUT2D eigenvalue weighted by Crippen LogP contribution is -2.33. The molecule has 0 amide bonds. The van der Waals surface area contributed by atoms with Crippen LogP contribution in [0.15, 0.2) is 16.8 Å². The average molecular weight is 224 g/mol. The maximum absolute atomic E-state index is 3.40. The van der Waals surface area contributed by atoms with Gasteiger partial charge in [-0.2, -0.15) is 11.3 Å². The van der Waals surface area contributed by atoms with E-state index in [1.54, 1.807) is 11.3 Å². The van der Waals surface area contributed by atoms with Gasteiger partial charge in [0.05, 0.1) is 0 Å². The lowest BCUT2D eigenvalue weighted by atomic mass is 10.3. The molecule has 0 saturated heterocycles. The molecular formula is C12H20N2S. The molecule has 1 saturated carbocycles. The van der Waals surface area contributed by atoms with Crippen molar-refractivity contribution in [3.8, 4) is 0 Å². The molecule has 1 aromatic rings. The Hall–Kier alpha value is -0.380. The molecule has 2 nitrogen and oxygen atoms in total. The highest BCUT2D eigenvalue weighted by atomic mass is 32.1. The van der Waals surface area contributed by atoms with Gasteiger partial charge in [0.25, 0.3) is 0 Å². The van der Waals surface area contributed by atoms with Crippen molar-refractivity contribution in [1.29, 1.82) is 0 Å². The predicted molar refractivity (Wildman–Crippen MR) is 66.3 cm³/mol. The second-order valence-electron chi connectivity index (χ2n) is 4.19. The molecule has 2 rings (SSSR count). The van der Waals surface area contributed by atoms with Crippen LogP contribution in [0, 0.1) is 0 Å². The average Bonchev–Trinajstić information content (AvgIpc) is 2.97. The Morgan fingerprint density at radius 1 is 1.53 bits per heavy atom. The zero-order chi connectivity index (χ0) is 10.5. The summed E-state index contributed by atoms with van der Waals surface area (Å²) in [7, 11) is 0. The second kappa shape index (κ2) is 5.64. The van der Waals surface area contributed by atoms with Crippen molar-refractivity contribution in [3.05, 3.63) is 22.4 Å². The lowest BCUT2D eigenvalue weighted by molar-refractivity contribution is 0.255. The van der Waals surface area contributed by atoms with Crippen LogP contribution in [0.4, 0.5) is 0 Å². The summed E-state index contributed by atoms with van der Waals surface area (Å²) in [6.45, 7) is 6.70. The lowest BCUT2D eigenvalue weighted by Gasteiger charge is -2.21. The molecule has 3 heteroatoms. The van der Waals surface area contributed by atoms with Gasteiger partial charge in [0.1, 0.15) is 0 Å². The van der Waals surface area contributed by atoms with Crippen LogP contribution in [0.1, 0.15) is 25.3 Å². The Balaban J connectivity index is 1.78. The van der Waals surface area contributed by atoms with E-state index in [2.05, 4.69) is 34.0 Å². The Morgan fingerprint density at radius 3 is 3.00 bits per heavy atom. The van der Waals surface area contributed by atoms with Crippen molar-refractivity contribution in [2.45, 2.75) is 32.4 Å². The molecule has 1 N–H and O–H groups in total. The zero-order valence-electron chi connectivity index (χ0n) is 9.41. The van der Waals surface area contributed by atoms with E-state index in [-0.39, 0.29) is 0 Å². The van der Waals surface area contributed by atoms with Gasteiger partial charge in [-0.3, -0.25) is 4.90 Å². The van der Waals surface area contributed by atoms with Gasteiger partial charge in [-0.25, -0.2) is 0 Å². The normalized spacial score (nSPS) is 16.1. The van der Waals surface area contributed by atoms with Gasteiger partial charge in [0.2, 0.25) is 0 Å². The number of hydrogen-bond acceptors (Lipinski definition) is 3. The number of rotatable bonds is 7. The third-order valence-corrected chi connectivity index (χ3v) is 3.59. The molecule has 1 aromatic heterocycles. The van der Waals surface area contributed by atoms with Crippen molar-refractivity contribution in [3.63, 3.8) is 0 Å². The van der Waals surface area contributed by atoms with Crippen LogP contribution in [0.25, 0.3) is 0 Å². The fraction of sp³-hybridized carbons (Fsp3) is 0.667. The number of likely N-dealkylation sites (N-methyl/N-ethyl adjacent to an activating group) is 1. The molecule has 1 fully saturated rings. The van der Waals surface area contributed by atoms with E-state index in [1.165, 1.54) is 24.9 Å². The predicted octanol–water partition coefficient (Wildman–Crippen LogP) is 2.32. The highest BCUT2D eigenvalue weighted by Gasteiger charge is 2.28. The molecule has 0 radical (unpaired) electrons. The summed E-state index contributed by atoms with van der Waals surface area (Å²) in [6, 6.07) is 3.11. The van der Waals surface area contributed by atoms with Crippen LogP contribution < -0.4 is 5.32 Å². The first kappa shape index (κ1) is 11.1. The fourth-order valence-electron chi connectivity index (χ4n) is 1.85. The highest BCUT2D eigenvalue weighted by Crippen LogP contribution is 2.28. The van der Waals surface area contributed by atoms with E-state index in [4.69, 9.17) is 0 Å². The topological polar surface area (TPSA) is 15.3 Å². The van der Waals surface area contributed by atoms with Crippen LogP contribution in [-0.2, 0) is 6.54 Å². The molecule has 1 heterocycles. The molecule has 0 atom stereocenters. The molecule has 15 heavy (non-hydrogen) atoms. The van der Waals surface area contributed by atoms with Gasteiger partial charge >= 0.3 is 0 Å². The Bertz CT molecular complexity index is 267. The van der Waals surface area contributed by atoms with Gasteiger partial charge < -0.3 is 5.32 Å². The van der Waals surface area contributed by atoms with Gasteiger partial charge in [0, 0.05) is 25.7 Å². The first-order valence-corrected chi connectivity index (χ1v) is 6.80. The van der Waals surface area contributed by atoms with E-state index < -0.39 is 0 Å². The Kier molecular flexibility index (Phi) is 4.18. The first-order valence-electron chi connectivity index (χ1n) is 5.86. The van der Waals surface area contributed by atoms with Crippen LogP contribution >= 0.6 is 11.3 Å². The molecule has 1 aliphatic rings. The molecule has 0 unspecified atom stereocenters. The standard InChI is InChI=1S/C12H20N2S/c1-2-13-6-7-14(12-3-4-12)9-11-5-8-15-10-11/h5,8,10,12-13H,2-4,6-7,9H2,1H3. The minimum Gasteiger partial charge on any atom is -0.316 e. The SMILES string of the molecule is CCNCCN(Cc1ccsc1)C1CC1. The molecule has 0 aliphatic heterocycles. The number of nitrogens with one attached hydrogen (secondary N) is 1. The van der Waals surface area contributed by atoms with Gasteiger partial charge in [-0.1, -0.05) is 6.92 Å². The Morgan fingerprint density at radius 2 is 2.40 bits per heavy atom. The van der Waals surface area contributed by atoms with Crippen LogP contribution in [-0.4, -0.2) is 30.6 Å². The van der Waals surface area contributed by atoms with Crippen LogP contribution in [0.5, 0.6) is 0 Å². The summed E-state index contributed by atoms with van der Waals surface area (Å²) in [6.07, 6.45) is 2.80. The van der Waals surface area contributed by atoms with Crippen molar-refractivity contribution in [1.82, 2.24) is 10.2 Å². The van der Waals surface area contributed by atoms with Crippen molar-refractivity contribution >= 4 is 11.3 Å². The van der Waals surface area contributed by atoms with Crippen LogP contribution in [0.3, 0.4) is 0 Å². The van der Waals surface area contributed by atoms with Gasteiger partial charge in [-0.05, 0) is 41.8 Å². The maximum Gasteiger partial charge on any atom is 0.0245 e.